The van der Waals surface area contributed by atoms with Crippen LogP contribution < -0.4 is 26.0 Å². The Morgan fingerprint density at radius 2 is 1.77 bits per heavy atom. The molecule has 2 fully saturated rings. The fourth-order valence-corrected chi connectivity index (χ4v) is 7.27. The largest absolute Gasteiger partial charge is 0.381 e. The van der Waals surface area contributed by atoms with Crippen LogP contribution >= 0.6 is 0 Å². The van der Waals surface area contributed by atoms with Crippen molar-refractivity contribution in [1.82, 2.24) is 19.9 Å². The Morgan fingerprint density at radius 1 is 1.02 bits per heavy atom. The smallest absolute Gasteiger partial charge is 0.263 e. The third-order valence-electron chi connectivity index (χ3n) is 10.1. The molecule has 2 aromatic carbocycles. The van der Waals surface area contributed by atoms with Crippen molar-refractivity contribution in [2.24, 2.45) is 5.92 Å². The summed E-state index contributed by atoms with van der Waals surface area (Å²) in [5.41, 5.74) is 3.43. The van der Waals surface area contributed by atoms with Crippen LogP contribution in [0.1, 0.15) is 59.0 Å². The standard InChI is InChI=1S/C36H41N7O4/c1-22-19-25(9-10-28(22)42-15-13-37-14-16-42)39-35-38-21-24-20-27(30(44)23-11-17-47-18-12-23)34(46)43(33(24)40-35)32-31(45)26-7-5-6-8-29(26)41(4)36(32,2)3/h5-10,19-21,23,32,37H,11-18H2,1-4H3,(H,38,39,40). The number of piperazine rings is 1. The van der Waals surface area contributed by atoms with Crippen molar-refractivity contribution in [3.05, 3.63) is 81.8 Å². The first kappa shape index (κ1) is 31.0. The molecule has 3 aliphatic heterocycles. The molecule has 5 heterocycles. The highest BCUT2D eigenvalue weighted by Crippen LogP contribution is 2.42. The number of ketones is 2. The Hall–Kier alpha value is -4.61. The van der Waals surface area contributed by atoms with E-state index < -0.39 is 17.1 Å². The van der Waals surface area contributed by atoms with Gasteiger partial charge in [-0.2, -0.15) is 4.98 Å². The maximum absolute atomic E-state index is 14.6. The summed E-state index contributed by atoms with van der Waals surface area (Å²) in [5.74, 6) is -0.464. The maximum atomic E-state index is 14.6. The van der Waals surface area contributed by atoms with Gasteiger partial charge in [-0.1, -0.05) is 12.1 Å². The van der Waals surface area contributed by atoms with Crippen molar-refractivity contribution in [2.45, 2.75) is 45.2 Å². The number of likely N-dealkylation sites (N-methyl/N-ethyl adjacent to an activating group) is 1. The normalized spacial score (nSPS) is 19.9. The van der Waals surface area contributed by atoms with E-state index in [-0.39, 0.29) is 23.0 Å². The quantitative estimate of drug-likeness (QED) is 0.293. The van der Waals surface area contributed by atoms with Crippen LogP contribution in [-0.4, -0.2) is 78.1 Å². The van der Waals surface area contributed by atoms with E-state index in [0.717, 1.165) is 43.1 Å². The molecule has 2 saturated heterocycles. The number of rotatable bonds is 6. The van der Waals surface area contributed by atoms with Gasteiger partial charge in [0.05, 0.1) is 11.1 Å². The van der Waals surface area contributed by atoms with Crippen LogP contribution in [0.3, 0.4) is 0 Å². The first-order valence-electron chi connectivity index (χ1n) is 16.4. The van der Waals surface area contributed by atoms with Crippen LogP contribution in [-0.2, 0) is 4.74 Å². The van der Waals surface area contributed by atoms with E-state index in [9.17, 15) is 14.4 Å². The lowest BCUT2D eigenvalue weighted by Crippen LogP contribution is -2.57. The molecule has 47 heavy (non-hydrogen) atoms. The molecule has 11 nitrogen and oxygen atoms in total. The van der Waals surface area contributed by atoms with E-state index in [1.807, 2.05) is 50.1 Å². The Kier molecular flexibility index (Phi) is 8.05. The number of aryl methyl sites for hydroxylation is 1. The van der Waals surface area contributed by atoms with Gasteiger partial charge in [-0.15, -0.1) is 0 Å². The number of Topliss-reactive ketones (excluding diaryl/α,β-unsaturated/α-hetero) is 2. The van der Waals surface area contributed by atoms with Gasteiger partial charge in [-0.05, 0) is 75.6 Å². The average Bonchev–Trinajstić information content (AvgIpc) is 3.09. The van der Waals surface area contributed by atoms with Gasteiger partial charge in [0.2, 0.25) is 5.95 Å². The number of nitrogens with one attached hydrogen (secondary N) is 2. The predicted octanol–water partition coefficient (Wildman–Crippen LogP) is 4.51. The van der Waals surface area contributed by atoms with Gasteiger partial charge in [0.1, 0.15) is 11.7 Å². The molecule has 244 valence electrons. The first-order chi connectivity index (χ1) is 22.6. The van der Waals surface area contributed by atoms with Crippen molar-refractivity contribution >= 4 is 45.6 Å². The summed E-state index contributed by atoms with van der Waals surface area (Å²) >= 11 is 0. The SMILES string of the molecule is Cc1cc(Nc2ncc3cc(C(=O)C4CCOCC4)c(=O)n(C4C(=O)c5ccccc5N(C)C4(C)C)c3n2)ccc1N1CCNCC1. The highest BCUT2D eigenvalue weighted by molar-refractivity contribution is 6.08. The Morgan fingerprint density at radius 3 is 2.51 bits per heavy atom. The Balaban J connectivity index is 1.35. The molecular weight excluding hydrogens is 594 g/mol. The van der Waals surface area contributed by atoms with Crippen molar-refractivity contribution in [1.29, 1.82) is 0 Å². The Labute approximate surface area is 274 Å². The van der Waals surface area contributed by atoms with E-state index in [0.29, 0.717) is 48.6 Å². The number of anilines is 4. The second-order valence-electron chi connectivity index (χ2n) is 13.3. The maximum Gasteiger partial charge on any atom is 0.263 e. The number of fused-ring (bicyclic) bond motifs is 2. The molecular formula is C36H41N7O4. The molecule has 0 bridgehead atoms. The first-order valence-corrected chi connectivity index (χ1v) is 16.4. The molecule has 1 unspecified atom stereocenters. The minimum absolute atomic E-state index is 0.0537. The summed E-state index contributed by atoms with van der Waals surface area (Å²) in [6, 6.07) is 14.2. The fraction of sp³-hybridized carbons (Fsp3) is 0.417. The van der Waals surface area contributed by atoms with E-state index in [1.54, 1.807) is 18.3 Å². The zero-order valence-corrected chi connectivity index (χ0v) is 27.4. The highest BCUT2D eigenvalue weighted by atomic mass is 16.5. The number of nitrogens with zero attached hydrogens (tertiary/aromatic N) is 5. The summed E-state index contributed by atoms with van der Waals surface area (Å²) in [7, 11) is 1.93. The van der Waals surface area contributed by atoms with Gasteiger partial charge >= 0.3 is 0 Å². The van der Waals surface area contributed by atoms with Gasteiger partial charge < -0.3 is 25.2 Å². The van der Waals surface area contributed by atoms with Crippen molar-refractivity contribution < 1.29 is 14.3 Å². The van der Waals surface area contributed by atoms with E-state index in [1.165, 1.54) is 10.3 Å². The van der Waals surface area contributed by atoms with Gasteiger partial charge in [0, 0.05) is 86.6 Å². The summed E-state index contributed by atoms with van der Waals surface area (Å²) in [6.07, 6.45) is 2.72. The topological polar surface area (TPSA) is 122 Å². The Bertz CT molecular complexity index is 1920. The molecule has 0 saturated carbocycles. The summed E-state index contributed by atoms with van der Waals surface area (Å²) in [6.45, 7) is 10.7. The number of aromatic nitrogens is 3. The molecule has 0 aliphatic carbocycles. The van der Waals surface area contributed by atoms with Crippen LogP contribution in [0.5, 0.6) is 0 Å². The number of hydrogen-bond donors (Lipinski definition) is 2. The highest BCUT2D eigenvalue weighted by Gasteiger charge is 2.47. The minimum atomic E-state index is -0.955. The van der Waals surface area contributed by atoms with Crippen molar-refractivity contribution in [2.75, 3.05) is 61.6 Å². The molecule has 11 heteroatoms. The zero-order chi connectivity index (χ0) is 32.9. The van der Waals surface area contributed by atoms with Crippen LogP contribution in [0.2, 0.25) is 0 Å². The molecule has 0 amide bonds. The summed E-state index contributed by atoms with van der Waals surface area (Å²) in [5, 5.41) is 7.23. The van der Waals surface area contributed by atoms with Crippen molar-refractivity contribution in [3.63, 3.8) is 0 Å². The number of para-hydroxylation sites is 1. The lowest BCUT2D eigenvalue weighted by Gasteiger charge is -2.47. The lowest BCUT2D eigenvalue weighted by atomic mass is 9.81. The number of hydrogen-bond acceptors (Lipinski definition) is 10. The lowest BCUT2D eigenvalue weighted by molar-refractivity contribution is 0.0543. The predicted molar refractivity (Wildman–Crippen MR) is 184 cm³/mol. The van der Waals surface area contributed by atoms with Crippen molar-refractivity contribution in [3.8, 4) is 0 Å². The molecule has 3 aliphatic rings. The minimum Gasteiger partial charge on any atom is -0.381 e. The number of carbonyl (C=O) groups excluding carboxylic acids is 2. The third kappa shape index (κ3) is 5.47. The molecule has 0 spiro atoms. The number of ether oxygens (including phenoxy) is 1. The fourth-order valence-electron chi connectivity index (χ4n) is 7.27. The van der Waals surface area contributed by atoms with Crippen LogP contribution in [0.25, 0.3) is 11.0 Å². The molecule has 0 radical (unpaired) electrons. The molecule has 2 N–H and O–H groups in total. The van der Waals surface area contributed by atoms with Gasteiger partial charge in [0.15, 0.2) is 11.6 Å². The third-order valence-corrected chi connectivity index (χ3v) is 10.1. The summed E-state index contributed by atoms with van der Waals surface area (Å²) in [4.78, 5) is 56.7. The van der Waals surface area contributed by atoms with E-state index in [4.69, 9.17) is 9.72 Å². The van der Waals surface area contributed by atoms with E-state index in [2.05, 4.69) is 39.6 Å². The van der Waals surface area contributed by atoms with E-state index >= 15 is 0 Å². The second-order valence-corrected chi connectivity index (χ2v) is 13.3. The number of benzene rings is 2. The van der Waals surface area contributed by atoms with Gasteiger partial charge in [0.25, 0.3) is 5.56 Å². The monoisotopic (exact) mass is 635 g/mol. The van der Waals surface area contributed by atoms with Crippen LogP contribution in [0.4, 0.5) is 23.0 Å². The number of carbonyl (C=O) groups is 2. The number of pyridine rings is 1. The molecule has 2 aromatic heterocycles. The average molecular weight is 636 g/mol. The van der Waals surface area contributed by atoms with Gasteiger partial charge in [-0.3, -0.25) is 19.0 Å². The molecule has 7 rings (SSSR count). The molecule has 1 atom stereocenters. The zero-order valence-electron chi connectivity index (χ0n) is 27.4. The summed E-state index contributed by atoms with van der Waals surface area (Å²) < 4.78 is 6.93. The second kappa shape index (κ2) is 12.2. The van der Waals surface area contributed by atoms with Crippen LogP contribution in [0, 0.1) is 12.8 Å². The van der Waals surface area contributed by atoms with Gasteiger partial charge in [-0.25, -0.2) is 4.98 Å². The molecule has 4 aromatic rings. The van der Waals surface area contributed by atoms with Crippen LogP contribution in [0.15, 0.2) is 59.5 Å².